The molecule has 0 unspecified atom stereocenters. The first-order valence-corrected chi connectivity index (χ1v) is 11.8. The molecule has 0 aliphatic heterocycles. The summed E-state index contributed by atoms with van der Waals surface area (Å²) in [5, 5.41) is 9.53. The minimum Gasteiger partial charge on any atom is -0.357 e. The van der Waals surface area contributed by atoms with Crippen LogP contribution in [0.4, 0.5) is 22.1 Å². The van der Waals surface area contributed by atoms with Gasteiger partial charge in [-0.25, -0.2) is 19.7 Å². The molecule has 4 rings (SSSR count). The summed E-state index contributed by atoms with van der Waals surface area (Å²) in [4.78, 5) is 26.6. The first-order chi connectivity index (χ1) is 16.5. The number of rotatable bonds is 7. The summed E-state index contributed by atoms with van der Waals surface area (Å²) in [6.07, 6.45) is 3.49. The predicted molar refractivity (Wildman–Crippen MR) is 139 cm³/mol. The molecule has 172 valence electrons. The van der Waals surface area contributed by atoms with Crippen LogP contribution in [0.2, 0.25) is 0 Å². The molecular weight excluding hydrogens is 444 g/mol. The molecule has 0 saturated carbocycles. The summed E-state index contributed by atoms with van der Waals surface area (Å²) in [5.74, 6) is 1.01. The average molecular weight is 471 g/mol. The van der Waals surface area contributed by atoms with E-state index < -0.39 is 0 Å². The van der Waals surface area contributed by atoms with Gasteiger partial charge in [-0.15, -0.1) is 0 Å². The highest BCUT2D eigenvalue weighted by Gasteiger charge is 2.11. The maximum Gasteiger partial charge on any atom is 0.323 e. The SMILES string of the molecule is CNc1nccc(-c2cccnc2Sc2ccc(NC(=O)Nc3ccc(C(C)C)cc3)cc2)n1. The van der Waals surface area contributed by atoms with Crippen LogP contribution in [0.25, 0.3) is 11.3 Å². The van der Waals surface area contributed by atoms with Gasteiger partial charge in [0.25, 0.3) is 0 Å². The third kappa shape index (κ3) is 5.90. The summed E-state index contributed by atoms with van der Waals surface area (Å²) in [6.45, 7) is 4.28. The van der Waals surface area contributed by atoms with Crippen LogP contribution in [0.15, 0.2) is 89.0 Å². The van der Waals surface area contributed by atoms with Crippen LogP contribution >= 0.6 is 11.8 Å². The van der Waals surface area contributed by atoms with Gasteiger partial charge in [0, 0.05) is 41.3 Å². The number of carbonyl (C=O) groups excluding carboxylic acids is 1. The van der Waals surface area contributed by atoms with E-state index in [2.05, 4.69) is 44.7 Å². The van der Waals surface area contributed by atoms with Gasteiger partial charge in [0.05, 0.1) is 5.69 Å². The van der Waals surface area contributed by atoms with Crippen molar-refractivity contribution in [2.24, 2.45) is 0 Å². The van der Waals surface area contributed by atoms with Crippen molar-refractivity contribution in [3.8, 4) is 11.3 Å². The number of urea groups is 1. The molecule has 2 aromatic heterocycles. The van der Waals surface area contributed by atoms with Crippen LogP contribution in [0.3, 0.4) is 0 Å². The van der Waals surface area contributed by atoms with Crippen molar-refractivity contribution in [3.63, 3.8) is 0 Å². The van der Waals surface area contributed by atoms with E-state index >= 15 is 0 Å². The summed E-state index contributed by atoms with van der Waals surface area (Å²) >= 11 is 1.54. The number of hydrogen-bond donors (Lipinski definition) is 3. The minimum absolute atomic E-state index is 0.284. The highest BCUT2D eigenvalue weighted by atomic mass is 32.2. The van der Waals surface area contributed by atoms with E-state index in [1.807, 2.05) is 66.7 Å². The number of nitrogens with one attached hydrogen (secondary N) is 3. The lowest BCUT2D eigenvalue weighted by Crippen LogP contribution is -2.19. The van der Waals surface area contributed by atoms with Crippen LogP contribution in [-0.4, -0.2) is 28.0 Å². The highest BCUT2D eigenvalue weighted by Crippen LogP contribution is 2.34. The molecule has 7 nitrogen and oxygen atoms in total. The Bertz CT molecular complexity index is 1260. The standard InChI is InChI=1S/C26H26N6OS/c1-17(2)18-6-8-19(9-7-18)30-26(33)31-20-10-12-21(13-11-20)34-24-22(5-4-15-28-24)23-14-16-29-25(27-3)32-23/h4-17H,1-3H3,(H,27,29,32)(H2,30,31,33). The Hall–Kier alpha value is -3.91. The van der Waals surface area contributed by atoms with E-state index in [4.69, 9.17) is 0 Å². The van der Waals surface area contributed by atoms with Gasteiger partial charge in [-0.3, -0.25) is 0 Å². The van der Waals surface area contributed by atoms with Gasteiger partial charge in [-0.1, -0.05) is 37.7 Å². The molecule has 8 heteroatoms. The molecule has 0 aliphatic rings. The fourth-order valence-electron chi connectivity index (χ4n) is 3.26. The molecule has 3 N–H and O–H groups in total. The Morgan fingerprint density at radius 2 is 1.53 bits per heavy atom. The smallest absolute Gasteiger partial charge is 0.323 e. The first kappa shape index (κ1) is 23.3. The lowest BCUT2D eigenvalue weighted by Gasteiger charge is -2.11. The topological polar surface area (TPSA) is 91.8 Å². The summed E-state index contributed by atoms with van der Waals surface area (Å²) in [7, 11) is 1.79. The number of pyridine rings is 1. The quantitative estimate of drug-likeness (QED) is 0.286. The van der Waals surface area contributed by atoms with Gasteiger partial charge >= 0.3 is 6.03 Å². The van der Waals surface area contributed by atoms with Crippen LogP contribution in [0.5, 0.6) is 0 Å². The minimum atomic E-state index is -0.284. The average Bonchev–Trinajstić information content (AvgIpc) is 2.86. The zero-order valence-electron chi connectivity index (χ0n) is 19.2. The van der Waals surface area contributed by atoms with Gasteiger partial charge in [-0.05, 0) is 66.1 Å². The third-order valence-electron chi connectivity index (χ3n) is 5.09. The molecule has 2 heterocycles. The number of amides is 2. The molecule has 0 saturated heterocycles. The first-order valence-electron chi connectivity index (χ1n) is 10.9. The molecule has 0 fully saturated rings. The van der Waals surface area contributed by atoms with E-state index in [-0.39, 0.29) is 6.03 Å². The number of anilines is 3. The van der Waals surface area contributed by atoms with E-state index in [1.165, 1.54) is 17.3 Å². The largest absolute Gasteiger partial charge is 0.357 e. The van der Waals surface area contributed by atoms with Crippen molar-refractivity contribution in [1.82, 2.24) is 15.0 Å². The Morgan fingerprint density at radius 1 is 0.853 bits per heavy atom. The summed E-state index contributed by atoms with van der Waals surface area (Å²) in [6, 6.07) is 21.0. The lowest BCUT2D eigenvalue weighted by atomic mass is 10.0. The zero-order valence-corrected chi connectivity index (χ0v) is 20.1. The molecule has 0 spiro atoms. The second kappa shape index (κ2) is 10.8. The highest BCUT2D eigenvalue weighted by molar-refractivity contribution is 7.99. The second-order valence-electron chi connectivity index (χ2n) is 7.85. The van der Waals surface area contributed by atoms with Crippen molar-refractivity contribution in [1.29, 1.82) is 0 Å². The number of hydrogen-bond acceptors (Lipinski definition) is 6. The molecule has 2 amide bonds. The number of nitrogens with zero attached hydrogens (tertiary/aromatic N) is 3. The molecular formula is C26H26N6OS. The monoisotopic (exact) mass is 470 g/mol. The van der Waals surface area contributed by atoms with Crippen molar-refractivity contribution < 1.29 is 4.79 Å². The fraction of sp³-hybridized carbons (Fsp3) is 0.154. The van der Waals surface area contributed by atoms with Gasteiger partial charge in [0.2, 0.25) is 5.95 Å². The molecule has 0 atom stereocenters. The fourth-order valence-corrected chi connectivity index (χ4v) is 4.15. The molecule has 34 heavy (non-hydrogen) atoms. The lowest BCUT2D eigenvalue weighted by molar-refractivity contribution is 0.262. The van der Waals surface area contributed by atoms with Crippen molar-refractivity contribution >= 4 is 35.1 Å². The predicted octanol–water partition coefficient (Wildman–Crippen LogP) is 6.50. The molecule has 4 aromatic rings. The zero-order chi connectivity index (χ0) is 23.9. The van der Waals surface area contributed by atoms with Crippen LogP contribution in [-0.2, 0) is 0 Å². The Kier molecular flexibility index (Phi) is 7.39. The number of aromatic nitrogens is 3. The van der Waals surface area contributed by atoms with Crippen LogP contribution < -0.4 is 16.0 Å². The van der Waals surface area contributed by atoms with Crippen molar-refractivity contribution in [3.05, 3.63) is 84.7 Å². The van der Waals surface area contributed by atoms with E-state index in [0.717, 1.165) is 26.9 Å². The third-order valence-corrected chi connectivity index (χ3v) is 6.11. The molecule has 0 radical (unpaired) electrons. The Balaban J connectivity index is 1.41. The number of benzene rings is 2. The van der Waals surface area contributed by atoms with E-state index in [1.54, 1.807) is 19.4 Å². The van der Waals surface area contributed by atoms with Gasteiger partial charge < -0.3 is 16.0 Å². The van der Waals surface area contributed by atoms with E-state index in [0.29, 0.717) is 17.6 Å². The second-order valence-corrected chi connectivity index (χ2v) is 8.92. The van der Waals surface area contributed by atoms with Crippen LogP contribution in [0.1, 0.15) is 25.3 Å². The van der Waals surface area contributed by atoms with Gasteiger partial charge in [0.1, 0.15) is 5.03 Å². The van der Waals surface area contributed by atoms with Crippen LogP contribution in [0, 0.1) is 0 Å². The Labute approximate surface area is 203 Å². The maximum absolute atomic E-state index is 12.4. The molecule has 0 aliphatic carbocycles. The van der Waals surface area contributed by atoms with E-state index in [9.17, 15) is 4.79 Å². The van der Waals surface area contributed by atoms with Crippen molar-refractivity contribution in [2.45, 2.75) is 29.7 Å². The van der Waals surface area contributed by atoms with Gasteiger partial charge in [-0.2, -0.15) is 0 Å². The molecule has 2 aromatic carbocycles. The maximum atomic E-state index is 12.4. The molecule has 0 bridgehead atoms. The van der Waals surface area contributed by atoms with Gasteiger partial charge in [0.15, 0.2) is 0 Å². The number of carbonyl (C=O) groups is 1. The van der Waals surface area contributed by atoms with Crippen molar-refractivity contribution in [2.75, 3.05) is 23.0 Å². The summed E-state index contributed by atoms with van der Waals surface area (Å²) in [5.41, 5.74) is 4.42. The normalized spacial score (nSPS) is 10.7. The Morgan fingerprint density at radius 3 is 2.18 bits per heavy atom. The summed E-state index contributed by atoms with van der Waals surface area (Å²) < 4.78 is 0.